The molecule has 0 aliphatic heterocycles. The Balaban J connectivity index is 2.02. The molecule has 0 aliphatic rings. The van der Waals surface area contributed by atoms with Crippen molar-refractivity contribution < 1.29 is 9.15 Å². The molecule has 0 aliphatic carbocycles. The zero-order valence-electron chi connectivity index (χ0n) is 13.3. The summed E-state index contributed by atoms with van der Waals surface area (Å²) >= 11 is 0. The molecule has 4 heteroatoms. The standard InChI is InChI=1S/C17H24N2O2/c1-5-9-18-11-14-12-20-16(19-14)21-15-8-6-7-13(10-15)17(2,3)4/h6-8,10,12,18H,5,9,11H2,1-4H3. The van der Waals surface area contributed by atoms with Crippen molar-refractivity contribution in [2.45, 2.75) is 46.1 Å². The first kappa shape index (κ1) is 15.6. The summed E-state index contributed by atoms with van der Waals surface area (Å²) in [5.41, 5.74) is 2.16. The Labute approximate surface area is 126 Å². The second-order valence-corrected chi connectivity index (χ2v) is 6.16. The fourth-order valence-electron chi connectivity index (χ4n) is 1.94. The molecule has 21 heavy (non-hydrogen) atoms. The van der Waals surface area contributed by atoms with Gasteiger partial charge in [0, 0.05) is 6.54 Å². The summed E-state index contributed by atoms with van der Waals surface area (Å²) < 4.78 is 11.0. The lowest BCUT2D eigenvalue weighted by atomic mass is 9.87. The van der Waals surface area contributed by atoms with E-state index in [1.807, 2.05) is 18.2 Å². The number of ether oxygens (including phenoxy) is 1. The predicted molar refractivity (Wildman–Crippen MR) is 83.7 cm³/mol. The minimum absolute atomic E-state index is 0.0885. The average Bonchev–Trinajstić information content (AvgIpc) is 2.86. The van der Waals surface area contributed by atoms with Crippen LogP contribution >= 0.6 is 0 Å². The summed E-state index contributed by atoms with van der Waals surface area (Å²) in [7, 11) is 0. The van der Waals surface area contributed by atoms with E-state index in [4.69, 9.17) is 9.15 Å². The van der Waals surface area contributed by atoms with Crippen LogP contribution in [0.5, 0.6) is 11.8 Å². The predicted octanol–water partition coefficient (Wildman–Crippen LogP) is 4.26. The van der Waals surface area contributed by atoms with Gasteiger partial charge >= 0.3 is 6.08 Å². The van der Waals surface area contributed by atoms with Gasteiger partial charge in [-0.2, -0.15) is 4.98 Å². The second kappa shape index (κ2) is 6.76. The van der Waals surface area contributed by atoms with E-state index >= 15 is 0 Å². The molecule has 0 amide bonds. The van der Waals surface area contributed by atoms with Crippen LogP contribution in [0.15, 0.2) is 34.9 Å². The topological polar surface area (TPSA) is 47.3 Å². The van der Waals surface area contributed by atoms with E-state index in [0.29, 0.717) is 6.54 Å². The molecule has 1 aromatic carbocycles. The Morgan fingerprint density at radius 1 is 1.29 bits per heavy atom. The SMILES string of the molecule is CCCNCc1coc(Oc2cccc(C(C)(C)C)c2)n1. The van der Waals surface area contributed by atoms with Crippen molar-refractivity contribution in [3.8, 4) is 11.8 Å². The van der Waals surface area contributed by atoms with E-state index < -0.39 is 0 Å². The monoisotopic (exact) mass is 288 g/mol. The average molecular weight is 288 g/mol. The molecule has 1 N–H and O–H groups in total. The summed E-state index contributed by atoms with van der Waals surface area (Å²) in [5.74, 6) is 0.748. The highest BCUT2D eigenvalue weighted by molar-refractivity contribution is 5.33. The highest BCUT2D eigenvalue weighted by Gasteiger charge is 2.14. The normalized spacial score (nSPS) is 11.6. The fourth-order valence-corrected chi connectivity index (χ4v) is 1.94. The van der Waals surface area contributed by atoms with E-state index in [2.05, 4.69) is 44.1 Å². The molecule has 1 heterocycles. The molecule has 4 nitrogen and oxygen atoms in total. The molecule has 0 atom stereocenters. The van der Waals surface area contributed by atoms with Gasteiger partial charge in [0.15, 0.2) is 0 Å². The number of nitrogens with one attached hydrogen (secondary N) is 1. The van der Waals surface area contributed by atoms with Crippen LogP contribution in [0.1, 0.15) is 45.4 Å². The largest absolute Gasteiger partial charge is 0.417 e. The molecule has 0 unspecified atom stereocenters. The Morgan fingerprint density at radius 2 is 2.10 bits per heavy atom. The van der Waals surface area contributed by atoms with Crippen LogP contribution in [-0.2, 0) is 12.0 Å². The molecule has 2 rings (SSSR count). The third-order valence-electron chi connectivity index (χ3n) is 3.17. The summed E-state index contributed by atoms with van der Waals surface area (Å²) in [6.45, 7) is 10.3. The maximum Gasteiger partial charge on any atom is 0.399 e. The summed E-state index contributed by atoms with van der Waals surface area (Å²) in [5, 5.41) is 3.28. The van der Waals surface area contributed by atoms with Crippen LogP contribution in [0.4, 0.5) is 0 Å². The van der Waals surface area contributed by atoms with Gasteiger partial charge in [-0.1, -0.05) is 39.8 Å². The minimum atomic E-state index is 0.0885. The molecule has 0 bridgehead atoms. The number of hydrogen-bond donors (Lipinski definition) is 1. The van der Waals surface area contributed by atoms with Gasteiger partial charge in [-0.05, 0) is 36.1 Å². The molecule has 114 valence electrons. The van der Waals surface area contributed by atoms with Crippen molar-refractivity contribution in [2.75, 3.05) is 6.54 Å². The second-order valence-electron chi connectivity index (χ2n) is 6.16. The molecule has 2 aromatic rings. The van der Waals surface area contributed by atoms with Crippen molar-refractivity contribution >= 4 is 0 Å². The lowest BCUT2D eigenvalue weighted by Crippen LogP contribution is -2.13. The molecular weight excluding hydrogens is 264 g/mol. The van der Waals surface area contributed by atoms with E-state index in [0.717, 1.165) is 24.4 Å². The van der Waals surface area contributed by atoms with Gasteiger partial charge in [0.05, 0.1) is 5.69 Å². The van der Waals surface area contributed by atoms with Gasteiger partial charge in [0.2, 0.25) is 0 Å². The van der Waals surface area contributed by atoms with Gasteiger partial charge < -0.3 is 14.5 Å². The van der Waals surface area contributed by atoms with Crippen LogP contribution in [0, 0.1) is 0 Å². The first-order valence-corrected chi connectivity index (χ1v) is 7.42. The molecule has 1 aromatic heterocycles. The van der Waals surface area contributed by atoms with Crippen molar-refractivity contribution in [1.29, 1.82) is 0 Å². The number of benzene rings is 1. The van der Waals surface area contributed by atoms with Crippen molar-refractivity contribution in [2.24, 2.45) is 0 Å². The zero-order chi connectivity index (χ0) is 15.3. The molecule has 0 saturated carbocycles. The highest BCUT2D eigenvalue weighted by atomic mass is 16.6. The third-order valence-corrected chi connectivity index (χ3v) is 3.17. The molecule has 0 fully saturated rings. The van der Waals surface area contributed by atoms with Crippen molar-refractivity contribution in [1.82, 2.24) is 10.3 Å². The van der Waals surface area contributed by atoms with Crippen LogP contribution in [0.3, 0.4) is 0 Å². The lowest BCUT2D eigenvalue weighted by Gasteiger charge is -2.19. The van der Waals surface area contributed by atoms with E-state index in [1.165, 1.54) is 5.56 Å². The van der Waals surface area contributed by atoms with E-state index in [9.17, 15) is 0 Å². The fraction of sp³-hybridized carbons (Fsp3) is 0.471. The number of rotatable bonds is 6. The van der Waals surface area contributed by atoms with Crippen molar-refractivity contribution in [3.63, 3.8) is 0 Å². The molecule has 0 radical (unpaired) electrons. The highest BCUT2D eigenvalue weighted by Crippen LogP contribution is 2.28. The third kappa shape index (κ3) is 4.60. The Morgan fingerprint density at radius 3 is 2.81 bits per heavy atom. The maximum atomic E-state index is 5.70. The molecular formula is C17H24N2O2. The number of aromatic nitrogens is 1. The molecule has 0 saturated heterocycles. The summed E-state index contributed by atoms with van der Waals surface area (Å²) in [6.07, 6.45) is 3.02. The van der Waals surface area contributed by atoms with Gasteiger partial charge in [-0.3, -0.25) is 0 Å². The Kier molecular flexibility index (Phi) is 5.02. The van der Waals surface area contributed by atoms with Crippen LogP contribution in [-0.4, -0.2) is 11.5 Å². The quantitative estimate of drug-likeness (QED) is 0.807. The van der Waals surface area contributed by atoms with Crippen LogP contribution in [0.25, 0.3) is 0 Å². The van der Waals surface area contributed by atoms with Gasteiger partial charge in [0.25, 0.3) is 0 Å². The van der Waals surface area contributed by atoms with Crippen LogP contribution < -0.4 is 10.1 Å². The van der Waals surface area contributed by atoms with Crippen molar-refractivity contribution in [3.05, 3.63) is 41.8 Å². The Bertz CT molecular complexity index is 570. The summed E-state index contributed by atoms with van der Waals surface area (Å²) in [4.78, 5) is 4.32. The lowest BCUT2D eigenvalue weighted by molar-refractivity contribution is 0.330. The number of hydrogen-bond acceptors (Lipinski definition) is 4. The molecule has 0 spiro atoms. The number of oxazole rings is 1. The first-order chi connectivity index (χ1) is 9.99. The van der Waals surface area contributed by atoms with E-state index in [1.54, 1.807) is 6.26 Å². The Hall–Kier alpha value is -1.81. The minimum Gasteiger partial charge on any atom is -0.417 e. The van der Waals surface area contributed by atoms with Crippen LogP contribution in [0.2, 0.25) is 0 Å². The summed E-state index contributed by atoms with van der Waals surface area (Å²) in [6, 6.07) is 8.03. The van der Waals surface area contributed by atoms with Gasteiger partial charge in [-0.25, -0.2) is 0 Å². The van der Waals surface area contributed by atoms with E-state index in [-0.39, 0.29) is 11.5 Å². The zero-order valence-corrected chi connectivity index (χ0v) is 13.3. The van der Waals surface area contributed by atoms with Gasteiger partial charge in [-0.15, -0.1) is 0 Å². The first-order valence-electron chi connectivity index (χ1n) is 7.42. The maximum absolute atomic E-state index is 5.70. The van der Waals surface area contributed by atoms with Gasteiger partial charge in [0.1, 0.15) is 12.0 Å². The number of nitrogens with zero attached hydrogens (tertiary/aromatic N) is 1. The smallest absolute Gasteiger partial charge is 0.399 e.